The standard InChI is InChI=1S/C17H17N3O6/c1-10-3-5-14(26-10)11(2)18-16(21)8-19-13-7-12(20(23)24)4-6-15(13)25-9-17(19)22/h3-7,11H,8-9H2,1-2H3,(H,18,21). The van der Waals surface area contributed by atoms with Crippen LogP contribution in [0.1, 0.15) is 24.5 Å². The van der Waals surface area contributed by atoms with E-state index in [1.165, 1.54) is 23.1 Å². The van der Waals surface area contributed by atoms with Crippen LogP contribution < -0.4 is 15.0 Å². The van der Waals surface area contributed by atoms with E-state index in [2.05, 4.69) is 5.32 Å². The van der Waals surface area contributed by atoms with Crippen molar-refractivity contribution in [2.45, 2.75) is 19.9 Å². The summed E-state index contributed by atoms with van der Waals surface area (Å²) < 4.78 is 10.7. The molecule has 1 aliphatic rings. The largest absolute Gasteiger partial charge is 0.482 e. The molecule has 0 aliphatic carbocycles. The van der Waals surface area contributed by atoms with Gasteiger partial charge in [0, 0.05) is 12.1 Å². The number of anilines is 1. The summed E-state index contributed by atoms with van der Waals surface area (Å²) in [5.41, 5.74) is 0.0129. The molecule has 0 spiro atoms. The number of nitro benzene ring substituents is 1. The Hall–Kier alpha value is -3.36. The summed E-state index contributed by atoms with van der Waals surface area (Å²) in [7, 11) is 0. The van der Waals surface area contributed by atoms with Crippen molar-refractivity contribution in [2.24, 2.45) is 0 Å². The van der Waals surface area contributed by atoms with Gasteiger partial charge in [-0.2, -0.15) is 0 Å². The van der Waals surface area contributed by atoms with Gasteiger partial charge in [0.05, 0.1) is 16.7 Å². The third kappa shape index (κ3) is 3.51. The molecule has 0 saturated heterocycles. The van der Waals surface area contributed by atoms with Crippen molar-refractivity contribution in [2.75, 3.05) is 18.1 Å². The second kappa shape index (κ2) is 6.87. The number of carbonyl (C=O) groups is 2. The van der Waals surface area contributed by atoms with Crippen LogP contribution in [0.5, 0.6) is 5.75 Å². The Morgan fingerprint density at radius 1 is 1.38 bits per heavy atom. The van der Waals surface area contributed by atoms with Crippen molar-refractivity contribution >= 4 is 23.2 Å². The molecule has 9 nitrogen and oxygen atoms in total. The van der Waals surface area contributed by atoms with Crippen LogP contribution in [0.3, 0.4) is 0 Å². The van der Waals surface area contributed by atoms with Gasteiger partial charge in [-0.05, 0) is 32.0 Å². The first-order valence-electron chi connectivity index (χ1n) is 7.92. The van der Waals surface area contributed by atoms with Crippen LogP contribution >= 0.6 is 0 Å². The number of hydrogen-bond acceptors (Lipinski definition) is 6. The van der Waals surface area contributed by atoms with Crippen LogP contribution in [0.4, 0.5) is 11.4 Å². The van der Waals surface area contributed by atoms with E-state index in [-0.39, 0.29) is 30.6 Å². The van der Waals surface area contributed by atoms with Crippen molar-refractivity contribution in [3.8, 4) is 5.75 Å². The first-order chi connectivity index (χ1) is 12.3. The van der Waals surface area contributed by atoms with Crippen LogP contribution in [0.25, 0.3) is 0 Å². The molecule has 136 valence electrons. The summed E-state index contributed by atoms with van der Waals surface area (Å²) in [4.78, 5) is 36.1. The summed E-state index contributed by atoms with van der Waals surface area (Å²) in [5.74, 6) is 0.775. The summed E-state index contributed by atoms with van der Waals surface area (Å²) in [6.45, 7) is 3.05. The number of non-ortho nitro benzene ring substituents is 1. The van der Waals surface area contributed by atoms with E-state index in [0.29, 0.717) is 11.5 Å². The second-order valence-corrected chi connectivity index (χ2v) is 5.92. The van der Waals surface area contributed by atoms with Gasteiger partial charge in [0.2, 0.25) is 5.91 Å². The van der Waals surface area contributed by atoms with E-state index >= 15 is 0 Å². The highest BCUT2D eigenvalue weighted by Gasteiger charge is 2.29. The van der Waals surface area contributed by atoms with Crippen molar-refractivity contribution in [3.63, 3.8) is 0 Å². The molecule has 1 atom stereocenters. The van der Waals surface area contributed by atoms with E-state index in [1.807, 2.05) is 0 Å². The Bertz CT molecular complexity index is 875. The third-order valence-electron chi connectivity index (χ3n) is 3.96. The van der Waals surface area contributed by atoms with Crippen LogP contribution in [0.2, 0.25) is 0 Å². The van der Waals surface area contributed by atoms with Crippen molar-refractivity contribution in [3.05, 3.63) is 52.0 Å². The van der Waals surface area contributed by atoms with Gasteiger partial charge in [0.1, 0.15) is 23.8 Å². The molecular formula is C17H17N3O6. The number of amides is 2. The molecule has 1 N–H and O–H groups in total. The number of rotatable bonds is 5. The van der Waals surface area contributed by atoms with Crippen LogP contribution in [0, 0.1) is 17.0 Å². The predicted molar refractivity (Wildman–Crippen MR) is 90.9 cm³/mol. The monoisotopic (exact) mass is 359 g/mol. The minimum atomic E-state index is -0.571. The summed E-state index contributed by atoms with van der Waals surface area (Å²) in [5, 5.41) is 13.7. The SMILES string of the molecule is Cc1ccc(C(C)NC(=O)CN2C(=O)COc3ccc([N+](=O)[O-])cc32)o1. The molecule has 1 aromatic heterocycles. The number of nitrogens with zero attached hydrogens (tertiary/aromatic N) is 2. The maximum Gasteiger partial charge on any atom is 0.271 e. The van der Waals surface area contributed by atoms with E-state index in [0.717, 1.165) is 5.76 Å². The molecule has 2 aromatic rings. The summed E-state index contributed by atoms with van der Waals surface area (Å²) in [6, 6.07) is 7.10. The molecule has 3 rings (SSSR count). The smallest absolute Gasteiger partial charge is 0.271 e. The number of hydrogen-bond donors (Lipinski definition) is 1. The van der Waals surface area contributed by atoms with Crippen molar-refractivity contribution < 1.29 is 23.7 Å². The summed E-state index contributed by atoms with van der Waals surface area (Å²) >= 11 is 0. The highest BCUT2D eigenvalue weighted by Crippen LogP contribution is 2.35. The first-order valence-corrected chi connectivity index (χ1v) is 7.92. The van der Waals surface area contributed by atoms with Crippen molar-refractivity contribution in [1.29, 1.82) is 0 Å². The van der Waals surface area contributed by atoms with Gasteiger partial charge in [0.25, 0.3) is 11.6 Å². The Balaban J connectivity index is 1.76. The lowest BCUT2D eigenvalue weighted by Gasteiger charge is -2.28. The zero-order valence-corrected chi connectivity index (χ0v) is 14.2. The molecule has 0 saturated carbocycles. The fraction of sp³-hybridized carbons (Fsp3) is 0.294. The quantitative estimate of drug-likeness (QED) is 0.646. The van der Waals surface area contributed by atoms with Crippen molar-refractivity contribution in [1.82, 2.24) is 5.32 Å². The first kappa shape index (κ1) is 17.5. The van der Waals surface area contributed by atoms with E-state index < -0.39 is 16.7 Å². The number of fused-ring (bicyclic) bond motifs is 1. The zero-order valence-electron chi connectivity index (χ0n) is 14.2. The fourth-order valence-corrected chi connectivity index (χ4v) is 2.67. The Morgan fingerprint density at radius 3 is 2.81 bits per heavy atom. The average Bonchev–Trinajstić information content (AvgIpc) is 3.03. The maximum atomic E-state index is 12.4. The normalized spacial score (nSPS) is 14.4. The number of nitrogens with one attached hydrogen (secondary N) is 1. The van der Waals surface area contributed by atoms with Gasteiger partial charge in [-0.25, -0.2) is 0 Å². The number of nitro groups is 1. The number of ether oxygens (including phenoxy) is 1. The molecule has 9 heteroatoms. The lowest BCUT2D eigenvalue weighted by atomic mass is 10.2. The number of carbonyl (C=O) groups excluding carboxylic acids is 2. The molecule has 2 heterocycles. The molecule has 0 radical (unpaired) electrons. The Morgan fingerprint density at radius 2 is 2.15 bits per heavy atom. The number of benzene rings is 1. The lowest BCUT2D eigenvalue weighted by molar-refractivity contribution is -0.384. The third-order valence-corrected chi connectivity index (χ3v) is 3.96. The van der Waals surface area contributed by atoms with Crippen LogP contribution in [-0.2, 0) is 9.59 Å². The molecular weight excluding hydrogens is 342 g/mol. The average molecular weight is 359 g/mol. The molecule has 1 aliphatic heterocycles. The van der Waals surface area contributed by atoms with Crippen LogP contribution in [0.15, 0.2) is 34.7 Å². The van der Waals surface area contributed by atoms with E-state index in [4.69, 9.17) is 9.15 Å². The van der Waals surface area contributed by atoms with Gasteiger partial charge in [-0.3, -0.25) is 24.6 Å². The van der Waals surface area contributed by atoms with Gasteiger partial charge >= 0.3 is 0 Å². The maximum absolute atomic E-state index is 12.4. The minimum Gasteiger partial charge on any atom is -0.482 e. The van der Waals surface area contributed by atoms with Gasteiger partial charge in [-0.1, -0.05) is 0 Å². The molecule has 2 amide bonds. The molecule has 0 bridgehead atoms. The Kier molecular flexibility index (Phi) is 4.61. The van der Waals surface area contributed by atoms with Gasteiger partial charge < -0.3 is 14.5 Å². The highest BCUT2D eigenvalue weighted by atomic mass is 16.6. The predicted octanol–water partition coefficient (Wildman–Crippen LogP) is 2.10. The molecule has 1 aromatic carbocycles. The lowest BCUT2D eigenvalue weighted by Crippen LogP contribution is -2.45. The number of aryl methyl sites for hydroxylation is 1. The van der Waals surface area contributed by atoms with Gasteiger partial charge in [0.15, 0.2) is 6.61 Å². The van der Waals surface area contributed by atoms with E-state index in [1.54, 1.807) is 26.0 Å². The fourth-order valence-electron chi connectivity index (χ4n) is 2.67. The molecule has 1 unspecified atom stereocenters. The Labute approximate surface area is 148 Å². The second-order valence-electron chi connectivity index (χ2n) is 5.92. The van der Waals surface area contributed by atoms with E-state index in [9.17, 15) is 19.7 Å². The summed E-state index contributed by atoms with van der Waals surface area (Å²) in [6.07, 6.45) is 0. The van der Waals surface area contributed by atoms with Crippen LogP contribution in [-0.4, -0.2) is 29.9 Å². The minimum absolute atomic E-state index is 0.188. The molecule has 0 fully saturated rings. The number of furan rings is 1. The van der Waals surface area contributed by atoms with Gasteiger partial charge in [-0.15, -0.1) is 0 Å². The topological polar surface area (TPSA) is 115 Å². The zero-order chi connectivity index (χ0) is 18.8. The molecule has 26 heavy (non-hydrogen) atoms. The highest BCUT2D eigenvalue weighted by molar-refractivity contribution is 6.02.